The third-order valence-corrected chi connectivity index (χ3v) is 4.71. The molecule has 0 spiro atoms. The number of carbonyl (C=O) groups is 1. The molecule has 0 aromatic heterocycles. The van der Waals surface area contributed by atoms with Crippen molar-refractivity contribution in [2.75, 3.05) is 40.3 Å². The van der Waals surface area contributed by atoms with Gasteiger partial charge in [-0.05, 0) is 24.6 Å². The fourth-order valence-corrected chi connectivity index (χ4v) is 3.01. The van der Waals surface area contributed by atoms with Gasteiger partial charge >= 0.3 is 6.18 Å². The standard InChI is InChI=1S/C18H26F3N5O/c1-13(18(19,20)21)25-7-9-26(10-8-25)17(23-3)24-12-14-5-4-6-15(11-14)16(27)22-2/h4-6,11,13H,7-10,12H2,1-3H3,(H,22,27)(H,23,24). The fraction of sp³-hybridized carbons (Fsp3) is 0.556. The molecule has 2 N–H and O–H groups in total. The molecule has 150 valence electrons. The van der Waals surface area contributed by atoms with Gasteiger partial charge in [0.25, 0.3) is 5.91 Å². The van der Waals surface area contributed by atoms with Crippen LogP contribution in [-0.2, 0) is 6.54 Å². The first-order chi connectivity index (χ1) is 12.8. The average Bonchev–Trinajstić information content (AvgIpc) is 2.67. The molecule has 1 fully saturated rings. The van der Waals surface area contributed by atoms with Gasteiger partial charge in [0.15, 0.2) is 5.96 Å². The summed E-state index contributed by atoms with van der Waals surface area (Å²) in [6.45, 7) is 3.26. The van der Waals surface area contributed by atoms with E-state index >= 15 is 0 Å². The zero-order valence-corrected chi connectivity index (χ0v) is 15.8. The highest BCUT2D eigenvalue weighted by Gasteiger charge is 2.41. The summed E-state index contributed by atoms with van der Waals surface area (Å²) in [5, 5.41) is 5.80. The van der Waals surface area contributed by atoms with E-state index in [2.05, 4.69) is 15.6 Å². The number of halogens is 3. The molecule has 0 radical (unpaired) electrons. The van der Waals surface area contributed by atoms with E-state index in [0.29, 0.717) is 44.2 Å². The first-order valence-corrected chi connectivity index (χ1v) is 8.83. The number of nitrogens with zero attached hydrogens (tertiary/aromatic N) is 3. The Kier molecular flexibility index (Phi) is 7.06. The van der Waals surface area contributed by atoms with E-state index in [4.69, 9.17) is 0 Å². The van der Waals surface area contributed by atoms with Crippen LogP contribution >= 0.6 is 0 Å². The van der Waals surface area contributed by atoms with Crippen LogP contribution in [0.3, 0.4) is 0 Å². The Morgan fingerprint density at radius 1 is 1.26 bits per heavy atom. The second-order valence-corrected chi connectivity index (χ2v) is 6.42. The number of piperazine rings is 1. The molecule has 1 heterocycles. The molecule has 1 aliphatic rings. The Morgan fingerprint density at radius 3 is 2.48 bits per heavy atom. The van der Waals surface area contributed by atoms with Crippen LogP contribution in [0.1, 0.15) is 22.8 Å². The zero-order valence-electron chi connectivity index (χ0n) is 15.8. The lowest BCUT2D eigenvalue weighted by Crippen LogP contribution is -2.56. The van der Waals surface area contributed by atoms with E-state index in [1.54, 1.807) is 26.2 Å². The van der Waals surface area contributed by atoms with Gasteiger partial charge in [0, 0.05) is 52.4 Å². The zero-order chi connectivity index (χ0) is 20.0. The number of alkyl halides is 3. The van der Waals surface area contributed by atoms with Crippen molar-refractivity contribution in [3.8, 4) is 0 Å². The van der Waals surface area contributed by atoms with Gasteiger partial charge in [0.2, 0.25) is 0 Å². The highest BCUT2D eigenvalue weighted by Crippen LogP contribution is 2.25. The van der Waals surface area contributed by atoms with E-state index in [-0.39, 0.29) is 5.91 Å². The van der Waals surface area contributed by atoms with Gasteiger partial charge in [-0.25, -0.2) is 0 Å². The molecule has 1 unspecified atom stereocenters. The number of hydrogen-bond donors (Lipinski definition) is 2. The summed E-state index contributed by atoms with van der Waals surface area (Å²) >= 11 is 0. The number of rotatable bonds is 4. The largest absolute Gasteiger partial charge is 0.403 e. The maximum atomic E-state index is 12.9. The number of aliphatic imine (C=N–C) groups is 1. The van der Waals surface area contributed by atoms with Gasteiger partial charge in [-0.3, -0.25) is 14.7 Å². The Morgan fingerprint density at radius 2 is 1.93 bits per heavy atom. The van der Waals surface area contributed by atoms with Crippen LogP contribution in [-0.4, -0.2) is 74.2 Å². The number of nitrogens with one attached hydrogen (secondary N) is 2. The summed E-state index contributed by atoms with van der Waals surface area (Å²) < 4.78 is 38.6. The molecule has 9 heteroatoms. The molecular weight excluding hydrogens is 359 g/mol. The minimum atomic E-state index is -4.21. The molecular formula is C18H26F3N5O. The van der Waals surface area contributed by atoms with E-state index in [9.17, 15) is 18.0 Å². The summed E-state index contributed by atoms with van der Waals surface area (Å²) in [4.78, 5) is 19.3. The molecule has 6 nitrogen and oxygen atoms in total. The van der Waals surface area contributed by atoms with Crippen LogP contribution in [0.5, 0.6) is 0 Å². The molecule has 1 aliphatic heterocycles. The molecule has 1 aromatic rings. The van der Waals surface area contributed by atoms with E-state index in [0.717, 1.165) is 5.56 Å². The maximum absolute atomic E-state index is 12.9. The van der Waals surface area contributed by atoms with Crippen LogP contribution in [0.25, 0.3) is 0 Å². The Hall–Kier alpha value is -2.29. The van der Waals surface area contributed by atoms with Gasteiger partial charge in [-0.2, -0.15) is 13.2 Å². The van der Waals surface area contributed by atoms with E-state index < -0.39 is 12.2 Å². The summed E-state index contributed by atoms with van der Waals surface area (Å²) in [6.07, 6.45) is -4.21. The molecule has 1 aromatic carbocycles. The number of amides is 1. The van der Waals surface area contributed by atoms with Gasteiger partial charge in [0.05, 0.1) is 0 Å². The molecule has 0 saturated carbocycles. The fourth-order valence-electron chi connectivity index (χ4n) is 3.01. The lowest BCUT2D eigenvalue weighted by molar-refractivity contribution is -0.181. The Labute approximate surface area is 157 Å². The van der Waals surface area contributed by atoms with Gasteiger partial charge in [-0.1, -0.05) is 12.1 Å². The number of carbonyl (C=O) groups excluding carboxylic acids is 1. The summed E-state index contributed by atoms with van der Waals surface area (Å²) in [5.74, 6) is 0.482. The predicted octanol–water partition coefficient (Wildman–Crippen LogP) is 1.69. The molecule has 0 bridgehead atoms. The highest BCUT2D eigenvalue weighted by atomic mass is 19.4. The van der Waals surface area contributed by atoms with Crippen molar-refractivity contribution >= 4 is 11.9 Å². The van der Waals surface area contributed by atoms with E-state index in [1.807, 2.05) is 17.0 Å². The third kappa shape index (κ3) is 5.59. The van der Waals surface area contributed by atoms with Crippen molar-refractivity contribution in [2.45, 2.75) is 25.7 Å². The van der Waals surface area contributed by atoms with Crippen molar-refractivity contribution in [3.63, 3.8) is 0 Å². The minimum absolute atomic E-state index is 0.156. The monoisotopic (exact) mass is 385 g/mol. The third-order valence-electron chi connectivity index (χ3n) is 4.71. The lowest BCUT2D eigenvalue weighted by atomic mass is 10.1. The predicted molar refractivity (Wildman–Crippen MR) is 98.7 cm³/mol. The first-order valence-electron chi connectivity index (χ1n) is 8.83. The summed E-state index contributed by atoms with van der Waals surface area (Å²) in [5.41, 5.74) is 1.49. The second kappa shape index (κ2) is 9.07. The first kappa shape index (κ1) is 21.0. The van der Waals surface area contributed by atoms with Crippen molar-refractivity contribution in [1.29, 1.82) is 0 Å². The normalized spacial score (nSPS) is 17.6. The highest BCUT2D eigenvalue weighted by molar-refractivity contribution is 5.94. The molecule has 27 heavy (non-hydrogen) atoms. The van der Waals surface area contributed by atoms with Gasteiger partial charge < -0.3 is 15.5 Å². The summed E-state index contributed by atoms with van der Waals surface area (Å²) in [7, 11) is 3.22. The van der Waals surface area contributed by atoms with Crippen LogP contribution in [0, 0.1) is 0 Å². The van der Waals surface area contributed by atoms with Crippen molar-refractivity contribution in [2.24, 2.45) is 4.99 Å². The smallest absolute Gasteiger partial charge is 0.355 e. The van der Waals surface area contributed by atoms with Crippen LogP contribution in [0.15, 0.2) is 29.3 Å². The van der Waals surface area contributed by atoms with Crippen molar-refractivity contribution < 1.29 is 18.0 Å². The maximum Gasteiger partial charge on any atom is 0.403 e. The van der Waals surface area contributed by atoms with Crippen LogP contribution in [0.4, 0.5) is 13.2 Å². The Bertz CT molecular complexity index is 669. The molecule has 1 amide bonds. The minimum Gasteiger partial charge on any atom is -0.355 e. The topological polar surface area (TPSA) is 60.0 Å². The molecule has 1 atom stereocenters. The number of guanidine groups is 1. The quantitative estimate of drug-likeness (QED) is 0.612. The Balaban J connectivity index is 1.91. The SMILES string of the molecule is CN=C(NCc1cccc(C(=O)NC)c1)N1CCN(C(C)C(F)(F)F)CC1. The van der Waals surface area contributed by atoms with Crippen molar-refractivity contribution in [1.82, 2.24) is 20.4 Å². The van der Waals surface area contributed by atoms with Crippen LogP contribution in [0.2, 0.25) is 0 Å². The van der Waals surface area contributed by atoms with Crippen LogP contribution < -0.4 is 10.6 Å². The second-order valence-electron chi connectivity index (χ2n) is 6.42. The molecule has 0 aliphatic carbocycles. The summed E-state index contributed by atoms with van der Waals surface area (Å²) in [6, 6.07) is 5.79. The van der Waals surface area contributed by atoms with Gasteiger partial charge in [-0.15, -0.1) is 0 Å². The molecule has 1 saturated heterocycles. The molecule has 2 rings (SSSR count). The average molecular weight is 385 g/mol. The number of benzene rings is 1. The lowest BCUT2D eigenvalue weighted by Gasteiger charge is -2.39. The number of hydrogen-bond acceptors (Lipinski definition) is 3. The van der Waals surface area contributed by atoms with Gasteiger partial charge in [0.1, 0.15) is 6.04 Å². The van der Waals surface area contributed by atoms with Crippen molar-refractivity contribution in [3.05, 3.63) is 35.4 Å². The van der Waals surface area contributed by atoms with E-state index in [1.165, 1.54) is 11.8 Å².